The number of amides is 1. The summed E-state index contributed by atoms with van der Waals surface area (Å²) < 4.78 is 0. The molecule has 0 atom stereocenters. The Morgan fingerprint density at radius 3 is 2.60 bits per heavy atom. The van der Waals surface area contributed by atoms with Crippen LogP contribution < -0.4 is 4.90 Å². The third kappa shape index (κ3) is 3.63. The van der Waals surface area contributed by atoms with Gasteiger partial charge in [0.25, 0.3) is 5.91 Å². The molecule has 5 nitrogen and oxygen atoms in total. The van der Waals surface area contributed by atoms with E-state index >= 15 is 0 Å². The first-order chi connectivity index (χ1) is 12.1. The molecule has 0 unspecified atom stereocenters. The van der Waals surface area contributed by atoms with Crippen LogP contribution in [-0.2, 0) is 0 Å². The highest BCUT2D eigenvalue weighted by atomic mass is 16.2. The average molecular weight is 334 g/mol. The van der Waals surface area contributed by atoms with Gasteiger partial charge in [0.2, 0.25) is 0 Å². The van der Waals surface area contributed by atoms with Crippen LogP contribution in [0, 0.1) is 25.2 Å². The van der Waals surface area contributed by atoms with E-state index in [-0.39, 0.29) is 5.91 Å². The van der Waals surface area contributed by atoms with Gasteiger partial charge in [0.05, 0.1) is 16.9 Å². The van der Waals surface area contributed by atoms with Crippen molar-refractivity contribution in [3.05, 3.63) is 58.9 Å². The Hall–Kier alpha value is -2.87. The predicted octanol–water partition coefficient (Wildman–Crippen LogP) is 2.92. The smallest absolute Gasteiger partial charge is 0.253 e. The van der Waals surface area contributed by atoms with Crippen LogP contribution in [-0.4, -0.2) is 42.0 Å². The largest absolute Gasteiger partial charge is 0.369 e. The van der Waals surface area contributed by atoms with Gasteiger partial charge in [-0.3, -0.25) is 9.78 Å². The van der Waals surface area contributed by atoms with Crippen LogP contribution in [0.25, 0.3) is 0 Å². The Bertz CT molecular complexity index is 810. The highest BCUT2D eigenvalue weighted by molar-refractivity contribution is 5.94. The first-order valence-electron chi connectivity index (χ1n) is 8.58. The minimum absolute atomic E-state index is 0.0741. The molecule has 1 aliphatic rings. The fourth-order valence-corrected chi connectivity index (χ4v) is 3.32. The van der Waals surface area contributed by atoms with E-state index in [1.165, 1.54) is 0 Å². The van der Waals surface area contributed by atoms with E-state index in [4.69, 9.17) is 0 Å². The third-order valence-corrected chi connectivity index (χ3v) is 4.56. The third-order valence-electron chi connectivity index (χ3n) is 4.56. The van der Waals surface area contributed by atoms with Gasteiger partial charge in [0.1, 0.15) is 6.07 Å². The SMILES string of the molecule is Cc1cc(N2CCCN(C(=O)c3ccccc3)CC2)c(C#N)c(C)n1. The molecule has 1 aliphatic heterocycles. The molecule has 128 valence electrons. The average Bonchev–Trinajstić information content (AvgIpc) is 2.87. The van der Waals surface area contributed by atoms with Gasteiger partial charge >= 0.3 is 0 Å². The zero-order valence-electron chi connectivity index (χ0n) is 14.7. The minimum atomic E-state index is 0.0741. The second kappa shape index (κ2) is 7.35. The number of nitriles is 1. The summed E-state index contributed by atoms with van der Waals surface area (Å²) in [6, 6.07) is 13.7. The van der Waals surface area contributed by atoms with Crippen molar-refractivity contribution >= 4 is 11.6 Å². The van der Waals surface area contributed by atoms with Gasteiger partial charge in [0, 0.05) is 37.4 Å². The molecule has 2 aromatic rings. The van der Waals surface area contributed by atoms with Crippen LogP contribution >= 0.6 is 0 Å². The molecule has 1 amide bonds. The number of aryl methyl sites for hydroxylation is 2. The van der Waals surface area contributed by atoms with E-state index in [1.54, 1.807) is 0 Å². The van der Waals surface area contributed by atoms with E-state index in [0.717, 1.165) is 48.7 Å². The van der Waals surface area contributed by atoms with E-state index < -0.39 is 0 Å². The zero-order chi connectivity index (χ0) is 17.8. The lowest BCUT2D eigenvalue weighted by molar-refractivity contribution is 0.0767. The lowest BCUT2D eigenvalue weighted by atomic mass is 10.1. The number of pyridine rings is 1. The lowest BCUT2D eigenvalue weighted by Crippen LogP contribution is -2.35. The molecule has 2 heterocycles. The Morgan fingerprint density at radius 1 is 1.12 bits per heavy atom. The van der Waals surface area contributed by atoms with Crippen LogP contribution in [0.15, 0.2) is 36.4 Å². The van der Waals surface area contributed by atoms with Crippen LogP contribution in [0.3, 0.4) is 0 Å². The maximum absolute atomic E-state index is 12.7. The number of carbonyl (C=O) groups is 1. The molecule has 1 aromatic carbocycles. The molecule has 1 saturated heterocycles. The summed E-state index contributed by atoms with van der Waals surface area (Å²) in [7, 11) is 0. The number of hydrogen-bond donors (Lipinski definition) is 0. The highest BCUT2D eigenvalue weighted by Crippen LogP contribution is 2.24. The van der Waals surface area contributed by atoms with Crippen molar-refractivity contribution < 1.29 is 4.79 Å². The van der Waals surface area contributed by atoms with Crippen molar-refractivity contribution in [1.82, 2.24) is 9.88 Å². The summed E-state index contributed by atoms with van der Waals surface area (Å²) in [6.07, 6.45) is 0.879. The van der Waals surface area contributed by atoms with E-state index in [2.05, 4.69) is 16.0 Å². The summed E-state index contributed by atoms with van der Waals surface area (Å²) in [4.78, 5) is 21.2. The number of aromatic nitrogens is 1. The van der Waals surface area contributed by atoms with Crippen molar-refractivity contribution in [1.29, 1.82) is 5.26 Å². The summed E-state index contributed by atoms with van der Waals surface area (Å²) in [5.74, 6) is 0.0741. The van der Waals surface area contributed by atoms with Gasteiger partial charge in [0.15, 0.2) is 0 Å². The quantitative estimate of drug-likeness (QED) is 0.847. The molecule has 0 saturated carbocycles. The van der Waals surface area contributed by atoms with Gasteiger partial charge < -0.3 is 9.80 Å². The van der Waals surface area contributed by atoms with Crippen molar-refractivity contribution in [2.75, 3.05) is 31.1 Å². The Balaban J connectivity index is 1.79. The summed E-state index contributed by atoms with van der Waals surface area (Å²) >= 11 is 0. The second-order valence-corrected chi connectivity index (χ2v) is 6.35. The Morgan fingerprint density at radius 2 is 1.88 bits per heavy atom. The monoisotopic (exact) mass is 334 g/mol. The molecular formula is C20H22N4O. The molecule has 3 rings (SSSR count). The highest BCUT2D eigenvalue weighted by Gasteiger charge is 2.22. The van der Waals surface area contributed by atoms with Gasteiger partial charge in [-0.25, -0.2) is 0 Å². The normalized spacial score (nSPS) is 14.8. The first-order valence-corrected chi connectivity index (χ1v) is 8.58. The maximum atomic E-state index is 12.7. The number of benzene rings is 1. The van der Waals surface area contributed by atoms with E-state index in [9.17, 15) is 10.1 Å². The fourth-order valence-electron chi connectivity index (χ4n) is 3.32. The molecule has 1 fully saturated rings. The Kier molecular flexibility index (Phi) is 4.99. The molecule has 0 spiro atoms. The van der Waals surface area contributed by atoms with E-state index in [0.29, 0.717) is 12.1 Å². The standard InChI is InChI=1S/C20H22N4O/c1-15-13-19(18(14-21)16(2)22-15)23-9-6-10-24(12-11-23)20(25)17-7-4-3-5-8-17/h3-5,7-8,13H,6,9-12H2,1-2H3. The van der Waals surface area contributed by atoms with Gasteiger partial charge in [-0.05, 0) is 38.5 Å². The summed E-state index contributed by atoms with van der Waals surface area (Å²) in [5.41, 5.74) is 3.96. The molecular weight excluding hydrogens is 312 g/mol. The Labute approximate surface area is 148 Å². The zero-order valence-corrected chi connectivity index (χ0v) is 14.7. The molecule has 25 heavy (non-hydrogen) atoms. The summed E-state index contributed by atoms with van der Waals surface area (Å²) in [6.45, 7) is 6.75. The lowest BCUT2D eigenvalue weighted by Gasteiger charge is -2.25. The molecule has 0 bridgehead atoms. The van der Waals surface area contributed by atoms with Gasteiger partial charge in [-0.1, -0.05) is 18.2 Å². The molecule has 5 heteroatoms. The maximum Gasteiger partial charge on any atom is 0.253 e. The van der Waals surface area contributed by atoms with Crippen molar-refractivity contribution in [3.63, 3.8) is 0 Å². The summed E-state index contributed by atoms with van der Waals surface area (Å²) in [5, 5.41) is 9.50. The van der Waals surface area contributed by atoms with Crippen molar-refractivity contribution in [2.45, 2.75) is 20.3 Å². The van der Waals surface area contributed by atoms with Crippen molar-refractivity contribution in [3.8, 4) is 6.07 Å². The molecule has 1 aromatic heterocycles. The number of rotatable bonds is 2. The number of nitrogens with zero attached hydrogens (tertiary/aromatic N) is 4. The molecule has 0 radical (unpaired) electrons. The van der Waals surface area contributed by atoms with E-state index in [1.807, 2.05) is 55.1 Å². The van der Waals surface area contributed by atoms with Crippen molar-refractivity contribution in [2.24, 2.45) is 0 Å². The van der Waals surface area contributed by atoms with Crippen LogP contribution in [0.4, 0.5) is 5.69 Å². The minimum Gasteiger partial charge on any atom is -0.369 e. The number of anilines is 1. The second-order valence-electron chi connectivity index (χ2n) is 6.35. The number of hydrogen-bond acceptors (Lipinski definition) is 4. The van der Waals surface area contributed by atoms with Crippen LogP contribution in [0.1, 0.15) is 33.7 Å². The van der Waals surface area contributed by atoms with Gasteiger partial charge in [-0.15, -0.1) is 0 Å². The molecule has 0 aliphatic carbocycles. The fraction of sp³-hybridized carbons (Fsp3) is 0.350. The first kappa shape index (κ1) is 17.0. The number of carbonyl (C=O) groups excluding carboxylic acids is 1. The topological polar surface area (TPSA) is 60.2 Å². The molecule has 0 N–H and O–H groups in total. The van der Waals surface area contributed by atoms with Gasteiger partial charge in [-0.2, -0.15) is 5.26 Å². The predicted molar refractivity (Wildman–Crippen MR) is 97.6 cm³/mol. The van der Waals surface area contributed by atoms with Crippen LogP contribution in [0.2, 0.25) is 0 Å². The van der Waals surface area contributed by atoms with Crippen LogP contribution in [0.5, 0.6) is 0 Å².